The maximum Gasteiger partial charge on any atom is 0.153 e. The van der Waals surface area contributed by atoms with Crippen LogP contribution in [0.2, 0.25) is 5.02 Å². The fourth-order valence-corrected chi connectivity index (χ4v) is 2.70. The van der Waals surface area contributed by atoms with Crippen molar-refractivity contribution in [1.82, 2.24) is 8.96 Å². The number of aromatic nitrogens is 2. The SMILES string of the molecule is O=Cc1cnc2c(ccn2SI)c1Cl. The fraction of sp³-hybridized carbons (Fsp3) is 0. The molecule has 14 heavy (non-hydrogen) atoms. The Morgan fingerprint density at radius 2 is 2.43 bits per heavy atom. The monoisotopic (exact) mass is 338 g/mol. The lowest BCUT2D eigenvalue weighted by Gasteiger charge is -1.99. The Morgan fingerprint density at radius 1 is 1.64 bits per heavy atom. The number of carbonyl (C=O) groups excluding carboxylic acids is 1. The normalized spacial score (nSPS) is 10.7. The maximum atomic E-state index is 10.6. The highest BCUT2D eigenvalue weighted by molar-refractivity contribution is 14.2. The first kappa shape index (κ1) is 10.3. The van der Waals surface area contributed by atoms with E-state index in [2.05, 4.69) is 26.2 Å². The van der Waals surface area contributed by atoms with Gasteiger partial charge < -0.3 is 0 Å². The highest BCUT2D eigenvalue weighted by atomic mass is 127. The zero-order chi connectivity index (χ0) is 10.1. The Morgan fingerprint density at radius 3 is 3.07 bits per heavy atom. The van der Waals surface area contributed by atoms with Crippen LogP contribution in [-0.4, -0.2) is 15.2 Å². The molecule has 0 N–H and O–H groups in total. The van der Waals surface area contributed by atoms with Gasteiger partial charge in [-0.1, -0.05) is 11.6 Å². The molecule has 0 fully saturated rings. The lowest BCUT2D eigenvalue weighted by molar-refractivity contribution is 0.112. The van der Waals surface area contributed by atoms with E-state index in [0.717, 1.165) is 11.0 Å². The van der Waals surface area contributed by atoms with Crippen molar-refractivity contribution in [3.05, 3.63) is 29.0 Å². The third kappa shape index (κ3) is 1.53. The van der Waals surface area contributed by atoms with Crippen molar-refractivity contribution in [2.75, 3.05) is 0 Å². The van der Waals surface area contributed by atoms with Crippen LogP contribution in [0.3, 0.4) is 0 Å². The molecule has 0 amide bonds. The second kappa shape index (κ2) is 4.08. The largest absolute Gasteiger partial charge is 0.298 e. The molecule has 0 radical (unpaired) electrons. The summed E-state index contributed by atoms with van der Waals surface area (Å²) in [5, 5.41) is 1.27. The van der Waals surface area contributed by atoms with Gasteiger partial charge in [0, 0.05) is 48.1 Å². The van der Waals surface area contributed by atoms with Gasteiger partial charge in [-0.15, -0.1) is 0 Å². The number of halogens is 2. The predicted molar refractivity (Wildman–Crippen MR) is 67.1 cm³/mol. The van der Waals surface area contributed by atoms with E-state index in [-0.39, 0.29) is 0 Å². The summed E-state index contributed by atoms with van der Waals surface area (Å²) in [6.45, 7) is 0. The predicted octanol–water partition coefficient (Wildman–Crippen LogP) is 3.35. The number of nitrogens with zero attached hydrogens (tertiary/aromatic N) is 2. The molecule has 0 aliphatic heterocycles. The molecule has 0 saturated heterocycles. The summed E-state index contributed by atoms with van der Waals surface area (Å²) < 4.78 is 1.89. The zero-order valence-corrected chi connectivity index (χ0v) is 10.5. The minimum atomic E-state index is 0.426. The van der Waals surface area contributed by atoms with Crippen molar-refractivity contribution in [1.29, 1.82) is 0 Å². The van der Waals surface area contributed by atoms with E-state index in [1.807, 2.05) is 16.2 Å². The van der Waals surface area contributed by atoms with Crippen LogP contribution in [0.4, 0.5) is 0 Å². The number of rotatable bonds is 2. The smallest absolute Gasteiger partial charge is 0.153 e. The summed E-state index contributed by atoms with van der Waals surface area (Å²) in [5.74, 6) is 0. The standard InChI is InChI=1S/C8H4ClIN2OS/c9-7-5(4-13)3-11-8-6(7)1-2-12(8)14-10/h1-4H. The molecule has 0 atom stereocenters. The zero-order valence-electron chi connectivity index (χ0n) is 6.78. The third-order valence-electron chi connectivity index (χ3n) is 1.84. The number of pyridine rings is 1. The van der Waals surface area contributed by atoms with Crippen molar-refractivity contribution in [2.45, 2.75) is 0 Å². The Hall–Kier alpha value is -0.270. The lowest BCUT2D eigenvalue weighted by Crippen LogP contribution is -1.88. The average Bonchev–Trinajstić information content (AvgIpc) is 2.62. The molecule has 0 saturated carbocycles. The second-order valence-electron chi connectivity index (χ2n) is 2.59. The van der Waals surface area contributed by atoms with Crippen LogP contribution >= 0.6 is 41.9 Å². The van der Waals surface area contributed by atoms with Crippen molar-refractivity contribution in [2.24, 2.45) is 0 Å². The molecule has 3 nitrogen and oxygen atoms in total. The van der Waals surface area contributed by atoms with Gasteiger partial charge in [-0.05, 0) is 6.07 Å². The maximum absolute atomic E-state index is 10.6. The second-order valence-corrected chi connectivity index (χ2v) is 4.68. The van der Waals surface area contributed by atoms with E-state index in [1.165, 1.54) is 15.3 Å². The molecule has 2 rings (SSSR count). The Bertz CT molecular complexity index is 499. The number of fused-ring (bicyclic) bond motifs is 1. The first-order chi connectivity index (χ1) is 6.77. The minimum absolute atomic E-state index is 0.426. The van der Waals surface area contributed by atoms with Gasteiger partial charge in [-0.3, -0.25) is 8.77 Å². The van der Waals surface area contributed by atoms with Gasteiger partial charge in [-0.25, -0.2) is 4.98 Å². The number of aldehydes is 1. The summed E-state index contributed by atoms with van der Waals surface area (Å²) >= 11 is 8.17. The molecule has 0 bridgehead atoms. The van der Waals surface area contributed by atoms with Crippen LogP contribution in [0.5, 0.6) is 0 Å². The van der Waals surface area contributed by atoms with Crippen molar-refractivity contribution in [3.8, 4) is 0 Å². The van der Waals surface area contributed by atoms with Gasteiger partial charge in [-0.2, -0.15) is 0 Å². The fourth-order valence-electron chi connectivity index (χ4n) is 1.18. The van der Waals surface area contributed by atoms with Crippen molar-refractivity contribution < 1.29 is 4.79 Å². The van der Waals surface area contributed by atoms with E-state index in [1.54, 1.807) is 0 Å². The molecular formula is C8H4ClIN2OS. The Balaban J connectivity index is 2.78. The summed E-state index contributed by atoms with van der Waals surface area (Å²) in [7, 11) is 1.50. The number of hydrogen-bond acceptors (Lipinski definition) is 3. The first-order valence-corrected chi connectivity index (χ1v) is 7.37. The van der Waals surface area contributed by atoms with Crippen LogP contribution in [0.15, 0.2) is 18.5 Å². The first-order valence-electron chi connectivity index (χ1n) is 3.67. The molecule has 6 heteroatoms. The molecule has 0 aromatic carbocycles. The number of carbonyl (C=O) groups is 1. The quantitative estimate of drug-likeness (QED) is 0.622. The van der Waals surface area contributed by atoms with Crippen LogP contribution < -0.4 is 0 Å². The summed E-state index contributed by atoms with van der Waals surface area (Å²) in [6.07, 6.45) is 4.07. The molecule has 2 aromatic rings. The van der Waals surface area contributed by atoms with E-state index >= 15 is 0 Å². The van der Waals surface area contributed by atoms with Gasteiger partial charge in [0.15, 0.2) is 11.9 Å². The van der Waals surface area contributed by atoms with E-state index in [4.69, 9.17) is 11.6 Å². The molecular weight excluding hydrogens is 335 g/mol. The molecule has 72 valence electrons. The highest BCUT2D eigenvalue weighted by Crippen LogP contribution is 2.29. The van der Waals surface area contributed by atoms with Crippen LogP contribution in [0, 0.1) is 0 Å². The van der Waals surface area contributed by atoms with Gasteiger partial charge in [0.05, 0.1) is 10.6 Å². The Kier molecular flexibility index (Phi) is 2.99. The summed E-state index contributed by atoms with van der Waals surface area (Å²) in [4.78, 5) is 14.8. The topological polar surface area (TPSA) is 34.9 Å². The average molecular weight is 339 g/mol. The highest BCUT2D eigenvalue weighted by Gasteiger charge is 2.09. The Labute approximate surface area is 102 Å². The van der Waals surface area contributed by atoms with Gasteiger partial charge >= 0.3 is 0 Å². The van der Waals surface area contributed by atoms with Gasteiger partial charge in [0.25, 0.3) is 0 Å². The number of hydrogen-bond donors (Lipinski definition) is 0. The van der Waals surface area contributed by atoms with Crippen LogP contribution in [-0.2, 0) is 0 Å². The molecule has 2 aromatic heterocycles. The van der Waals surface area contributed by atoms with E-state index in [0.29, 0.717) is 16.9 Å². The van der Waals surface area contributed by atoms with E-state index < -0.39 is 0 Å². The molecule has 0 unspecified atom stereocenters. The molecule has 0 aliphatic rings. The minimum Gasteiger partial charge on any atom is -0.298 e. The van der Waals surface area contributed by atoms with E-state index in [9.17, 15) is 4.79 Å². The molecule has 0 aliphatic carbocycles. The summed E-state index contributed by atoms with van der Waals surface area (Å²) in [6, 6.07) is 1.85. The third-order valence-corrected chi connectivity index (χ3v) is 3.98. The van der Waals surface area contributed by atoms with Gasteiger partial charge in [0.1, 0.15) is 0 Å². The van der Waals surface area contributed by atoms with Crippen LogP contribution in [0.1, 0.15) is 10.4 Å². The summed E-state index contributed by atoms with van der Waals surface area (Å²) in [5.41, 5.74) is 1.20. The van der Waals surface area contributed by atoms with Gasteiger partial charge in [0.2, 0.25) is 0 Å². The molecule has 2 heterocycles. The van der Waals surface area contributed by atoms with Crippen molar-refractivity contribution >= 4 is 59.2 Å². The van der Waals surface area contributed by atoms with Crippen molar-refractivity contribution in [3.63, 3.8) is 0 Å². The lowest BCUT2D eigenvalue weighted by atomic mass is 10.2. The molecule has 0 spiro atoms. The van der Waals surface area contributed by atoms with Crippen LogP contribution in [0.25, 0.3) is 11.0 Å².